The molecular weight excluding hydrogens is 222 g/mol. The fraction of sp³-hybridized carbons (Fsp3) is 0.364. The van der Waals surface area contributed by atoms with Crippen molar-refractivity contribution in [3.8, 4) is 0 Å². The normalized spacial score (nSPS) is 14.9. The molecule has 0 saturated heterocycles. The predicted molar refractivity (Wildman–Crippen MR) is 64.2 cm³/mol. The molecule has 0 spiro atoms. The number of aliphatic hydroxyl groups is 1. The van der Waals surface area contributed by atoms with E-state index in [1.807, 2.05) is 24.4 Å². The minimum absolute atomic E-state index is 0.520. The zero-order valence-electron chi connectivity index (χ0n) is 9.10. The number of imidazole rings is 1. The maximum Gasteiger partial charge on any atom is 0.108 e. The van der Waals surface area contributed by atoms with Crippen LogP contribution < -0.4 is 5.32 Å². The molecule has 0 saturated carbocycles. The Labute approximate surface area is 98.4 Å². The van der Waals surface area contributed by atoms with Gasteiger partial charge in [0.1, 0.15) is 5.60 Å². The molecule has 2 aromatic rings. The van der Waals surface area contributed by atoms with Crippen molar-refractivity contribution in [3.05, 3.63) is 40.6 Å². The molecule has 2 rings (SSSR count). The third-order valence-electron chi connectivity index (χ3n) is 2.39. The molecule has 1 atom stereocenters. The summed E-state index contributed by atoms with van der Waals surface area (Å²) in [4.78, 5) is 7.91. The van der Waals surface area contributed by atoms with Crippen LogP contribution in [0.1, 0.15) is 17.5 Å². The zero-order chi connectivity index (χ0) is 11.4. The molecule has 1 unspecified atom stereocenters. The fourth-order valence-corrected chi connectivity index (χ4v) is 2.28. The average Bonchev–Trinajstić information content (AvgIpc) is 2.90. The molecule has 0 radical (unpaired) electrons. The van der Waals surface area contributed by atoms with Gasteiger partial charge in [0.15, 0.2) is 0 Å². The second kappa shape index (κ2) is 4.78. The molecule has 3 N–H and O–H groups in total. The number of aromatic amines is 1. The molecule has 0 aromatic carbocycles. The Morgan fingerprint density at radius 2 is 2.50 bits per heavy atom. The number of thiophene rings is 1. The van der Waals surface area contributed by atoms with Gasteiger partial charge in [-0.2, -0.15) is 0 Å². The van der Waals surface area contributed by atoms with Crippen LogP contribution in [-0.2, 0) is 12.1 Å². The van der Waals surface area contributed by atoms with Crippen LogP contribution in [0.3, 0.4) is 0 Å². The third kappa shape index (κ3) is 2.69. The van der Waals surface area contributed by atoms with Gasteiger partial charge in [-0.3, -0.25) is 0 Å². The van der Waals surface area contributed by atoms with Gasteiger partial charge in [-0.25, -0.2) is 4.98 Å². The first-order valence-electron chi connectivity index (χ1n) is 5.13. The number of hydrogen-bond acceptors (Lipinski definition) is 4. The number of nitrogens with zero attached hydrogens (tertiary/aromatic N) is 1. The molecule has 0 aliphatic rings. The number of H-pyrrole nitrogens is 1. The van der Waals surface area contributed by atoms with E-state index in [1.54, 1.807) is 23.9 Å². The van der Waals surface area contributed by atoms with E-state index in [0.717, 1.165) is 10.6 Å². The van der Waals surface area contributed by atoms with Crippen LogP contribution in [0.4, 0.5) is 0 Å². The molecule has 5 heteroatoms. The Kier molecular flexibility index (Phi) is 3.38. The Balaban J connectivity index is 1.85. The summed E-state index contributed by atoms with van der Waals surface area (Å²) in [5.41, 5.74) is 0.204. The van der Waals surface area contributed by atoms with Crippen LogP contribution in [-0.4, -0.2) is 21.6 Å². The van der Waals surface area contributed by atoms with E-state index in [0.29, 0.717) is 13.1 Å². The van der Waals surface area contributed by atoms with Gasteiger partial charge in [-0.05, 0) is 18.4 Å². The minimum Gasteiger partial charge on any atom is -0.383 e. The summed E-state index contributed by atoms with van der Waals surface area (Å²) in [7, 11) is 0. The Hall–Kier alpha value is -1.17. The molecule has 0 aliphatic carbocycles. The van der Waals surface area contributed by atoms with Crippen LogP contribution in [0.2, 0.25) is 0 Å². The fourth-order valence-electron chi connectivity index (χ4n) is 1.49. The number of aromatic nitrogens is 2. The summed E-state index contributed by atoms with van der Waals surface area (Å²) in [6, 6.07) is 3.89. The van der Waals surface area contributed by atoms with Gasteiger partial charge in [0, 0.05) is 29.9 Å². The van der Waals surface area contributed by atoms with Gasteiger partial charge >= 0.3 is 0 Å². The van der Waals surface area contributed by atoms with Crippen molar-refractivity contribution in [2.24, 2.45) is 0 Å². The summed E-state index contributed by atoms with van der Waals surface area (Å²) in [5, 5.41) is 15.4. The monoisotopic (exact) mass is 237 g/mol. The van der Waals surface area contributed by atoms with Crippen molar-refractivity contribution < 1.29 is 5.11 Å². The predicted octanol–water partition coefficient (Wildman–Crippen LogP) is 1.47. The zero-order valence-corrected chi connectivity index (χ0v) is 9.92. The van der Waals surface area contributed by atoms with Crippen LogP contribution in [0.25, 0.3) is 0 Å². The summed E-state index contributed by atoms with van der Waals surface area (Å²) < 4.78 is 0. The van der Waals surface area contributed by atoms with Crippen molar-refractivity contribution in [1.29, 1.82) is 0 Å². The lowest BCUT2D eigenvalue weighted by Gasteiger charge is -2.22. The second-order valence-electron chi connectivity index (χ2n) is 3.93. The van der Waals surface area contributed by atoms with Crippen molar-refractivity contribution in [3.63, 3.8) is 0 Å². The maximum atomic E-state index is 10.2. The van der Waals surface area contributed by atoms with E-state index in [2.05, 4.69) is 15.3 Å². The van der Waals surface area contributed by atoms with Crippen LogP contribution >= 0.6 is 11.3 Å². The van der Waals surface area contributed by atoms with Gasteiger partial charge in [0.2, 0.25) is 0 Å². The lowest BCUT2D eigenvalue weighted by atomic mass is 10.1. The van der Waals surface area contributed by atoms with Crippen molar-refractivity contribution in [2.75, 3.05) is 6.54 Å². The molecule has 2 aromatic heterocycles. The minimum atomic E-state index is -0.811. The largest absolute Gasteiger partial charge is 0.383 e. The van der Waals surface area contributed by atoms with Gasteiger partial charge in [-0.15, -0.1) is 11.3 Å². The standard InChI is InChI=1S/C11H15N3OS/c1-11(15,10-3-2-4-16-10)7-12-5-9-6-13-8-14-9/h2-4,6,8,12,15H,5,7H2,1H3,(H,13,14). The van der Waals surface area contributed by atoms with E-state index in [9.17, 15) is 5.11 Å². The molecule has 2 heterocycles. The van der Waals surface area contributed by atoms with E-state index < -0.39 is 5.60 Å². The van der Waals surface area contributed by atoms with E-state index in [1.165, 1.54) is 0 Å². The maximum absolute atomic E-state index is 10.2. The molecule has 0 amide bonds. The molecule has 0 bridgehead atoms. The van der Waals surface area contributed by atoms with E-state index in [-0.39, 0.29) is 0 Å². The summed E-state index contributed by atoms with van der Waals surface area (Å²) in [6.07, 6.45) is 3.42. The van der Waals surface area contributed by atoms with Crippen molar-refractivity contribution in [2.45, 2.75) is 19.1 Å². The molecule has 4 nitrogen and oxygen atoms in total. The number of rotatable bonds is 5. The quantitative estimate of drug-likeness (QED) is 0.738. The molecule has 0 fully saturated rings. The van der Waals surface area contributed by atoms with Crippen molar-refractivity contribution >= 4 is 11.3 Å². The molecule has 16 heavy (non-hydrogen) atoms. The van der Waals surface area contributed by atoms with Crippen LogP contribution in [0.15, 0.2) is 30.0 Å². The lowest BCUT2D eigenvalue weighted by molar-refractivity contribution is 0.0604. The topological polar surface area (TPSA) is 60.9 Å². The van der Waals surface area contributed by atoms with Gasteiger partial charge in [0.25, 0.3) is 0 Å². The second-order valence-corrected chi connectivity index (χ2v) is 4.88. The lowest BCUT2D eigenvalue weighted by Crippen LogP contribution is -2.34. The van der Waals surface area contributed by atoms with Gasteiger partial charge < -0.3 is 15.4 Å². The summed E-state index contributed by atoms with van der Waals surface area (Å²) in [6.45, 7) is 3.02. The van der Waals surface area contributed by atoms with Crippen molar-refractivity contribution in [1.82, 2.24) is 15.3 Å². The van der Waals surface area contributed by atoms with Crippen LogP contribution in [0, 0.1) is 0 Å². The van der Waals surface area contributed by atoms with Crippen LogP contribution in [0.5, 0.6) is 0 Å². The highest BCUT2D eigenvalue weighted by molar-refractivity contribution is 7.10. The molecular formula is C11H15N3OS. The molecule has 86 valence electrons. The third-order valence-corrected chi connectivity index (χ3v) is 3.51. The van der Waals surface area contributed by atoms with Gasteiger partial charge in [0.05, 0.1) is 6.33 Å². The SMILES string of the molecule is CC(O)(CNCc1cnc[nH]1)c1cccs1. The Morgan fingerprint density at radius 1 is 1.62 bits per heavy atom. The number of nitrogens with one attached hydrogen (secondary N) is 2. The van der Waals surface area contributed by atoms with Gasteiger partial charge in [-0.1, -0.05) is 6.07 Å². The summed E-state index contributed by atoms with van der Waals surface area (Å²) in [5.74, 6) is 0. The smallest absolute Gasteiger partial charge is 0.108 e. The average molecular weight is 237 g/mol. The number of hydrogen-bond donors (Lipinski definition) is 3. The highest BCUT2D eigenvalue weighted by Crippen LogP contribution is 2.24. The van der Waals surface area contributed by atoms with E-state index in [4.69, 9.17) is 0 Å². The summed E-state index contributed by atoms with van der Waals surface area (Å²) >= 11 is 1.57. The Morgan fingerprint density at radius 3 is 3.12 bits per heavy atom. The highest BCUT2D eigenvalue weighted by atomic mass is 32.1. The Bertz CT molecular complexity index is 408. The highest BCUT2D eigenvalue weighted by Gasteiger charge is 2.23. The first-order valence-corrected chi connectivity index (χ1v) is 6.01. The van der Waals surface area contributed by atoms with E-state index >= 15 is 0 Å². The first-order chi connectivity index (χ1) is 7.68. The first kappa shape index (κ1) is 11.3. The molecule has 0 aliphatic heterocycles.